The molecule has 4 aromatic rings. The molecule has 6 bridgehead atoms. The van der Waals surface area contributed by atoms with Crippen molar-refractivity contribution in [2.45, 2.75) is 104 Å². The van der Waals surface area contributed by atoms with Crippen LogP contribution in [0.4, 0.5) is 4.79 Å². The quantitative estimate of drug-likeness (QED) is 0.204. The molecule has 4 aliphatic heterocycles. The first kappa shape index (κ1) is 45.7. The van der Waals surface area contributed by atoms with E-state index in [9.17, 15) is 19.2 Å². The molecule has 0 aliphatic carbocycles. The van der Waals surface area contributed by atoms with E-state index >= 15 is 0 Å². The summed E-state index contributed by atoms with van der Waals surface area (Å²) in [4.78, 5) is 72.6. The number of aromatic nitrogens is 3. The predicted octanol–water partition coefficient (Wildman–Crippen LogP) is 5.92. The number of methoxy groups -OCH3 is 1. The molecule has 1 unspecified atom stereocenters. The highest BCUT2D eigenvalue weighted by Crippen LogP contribution is 2.42. The monoisotopic (exact) mass is 895 g/mol. The van der Waals surface area contributed by atoms with Gasteiger partial charge >= 0.3 is 12.0 Å². The molecule has 3 aromatic heterocycles. The molecule has 3 saturated heterocycles. The van der Waals surface area contributed by atoms with E-state index in [1.54, 1.807) is 20.4 Å². The number of fused-ring (bicyclic) bond motifs is 6. The third kappa shape index (κ3) is 8.90. The molecule has 16 heteroatoms. The van der Waals surface area contributed by atoms with E-state index in [0.717, 1.165) is 64.2 Å². The summed E-state index contributed by atoms with van der Waals surface area (Å²) in [6.07, 6.45) is 4.27. The molecule has 2 N–H and O–H groups in total. The molecular formula is C48H65N9O6S. The molecule has 0 saturated carbocycles. The van der Waals surface area contributed by atoms with E-state index in [1.165, 1.54) is 21.2 Å². The van der Waals surface area contributed by atoms with Crippen LogP contribution in [0.25, 0.3) is 33.4 Å². The van der Waals surface area contributed by atoms with Crippen molar-refractivity contribution in [1.82, 2.24) is 45.0 Å². The Bertz CT molecular complexity index is 2400. The molecule has 4 aliphatic rings. The highest BCUT2D eigenvalue weighted by Gasteiger charge is 2.48. The lowest BCUT2D eigenvalue weighted by atomic mass is 9.79. The fraction of sp³-hybridized carbons (Fsp3) is 0.583. The minimum Gasteiger partial charge on any atom is -0.464 e. The van der Waals surface area contributed by atoms with Gasteiger partial charge in [0.15, 0.2) is 0 Å². The van der Waals surface area contributed by atoms with Gasteiger partial charge in [0, 0.05) is 104 Å². The molecule has 4 amide bonds. The molecule has 3 fully saturated rings. The fourth-order valence-corrected chi connectivity index (χ4v) is 11.4. The number of urea groups is 1. The van der Waals surface area contributed by atoms with Crippen LogP contribution in [0.15, 0.2) is 41.9 Å². The third-order valence-corrected chi connectivity index (χ3v) is 14.6. The second-order valence-electron chi connectivity index (χ2n) is 19.7. The molecule has 64 heavy (non-hydrogen) atoms. The van der Waals surface area contributed by atoms with Crippen LogP contribution in [0.1, 0.15) is 83.2 Å². The largest absolute Gasteiger partial charge is 0.464 e. The van der Waals surface area contributed by atoms with Gasteiger partial charge in [0.05, 0.1) is 34.8 Å². The van der Waals surface area contributed by atoms with E-state index in [0.29, 0.717) is 50.4 Å². The topological polar surface area (TPSA) is 154 Å². The zero-order chi connectivity index (χ0) is 45.7. The number of esters is 1. The minimum absolute atomic E-state index is 0.118. The van der Waals surface area contributed by atoms with Gasteiger partial charge in [-0.15, -0.1) is 11.3 Å². The number of hydrogen-bond donors (Lipinski definition) is 2. The van der Waals surface area contributed by atoms with Crippen molar-refractivity contribution in [2.75, 3.05) is 60.5 Å². The molecule has 8 rings (SSSR count). The van der Waals surface area contributed by atoms with Gasteiger partial charge in [-0.2, -0.15) is 0 Å². The summed E-state index contributed by atoms with van der Waals surface area (Å²) < 4.78 is 14.3. The predicted molar refractivity (Wildman–Crippen MR) is 247 cm³/mol. The van der Waals surface area contributed by atoms with Gasteiger partial charge in [0.25, 0.3) is 5.91 Å². The number of carbonyl (C=O) groups excluding carboxylic acids is 4. The first-order chi connectivity index (χ1) is 30.5. The number of hydrazine groups is 1. The van der Waals surface area contributed by atoms with Crippen LogP contribution in [0.3, 0.4) is 0 Å². The number of thiazole rings is 1. The Hall–Kier alpha value is -4.90. The summed E-state index contributed by atoms with van der Waals surface area (Å²) in [7, 11) is 5.47. The number of benzene rings is 1. The Labute approximate surface area is 380 Å². The summed E-state index contributed by atoms with van der Waals surface area (Å²) in [5, 5.41) is 8.27. The average molecular weight is 896 g/mol. The van der Waals surface area contributed by atoms with Crippen LogP contribution in [-0.4, -0.2) is 137 Å². The number of aryl methyl sites for hydroxylation is 1. The van der Waals surface area contributed by atoms with Crippen LogP contribution >= 0.6 is 11.3 Å². The van der Waals surface area contributed by atoms with Crippen LogP contribution < -0.4 is 10.7 Å². The maximum atomic E-state index is 14.6. The fourth-order valence-electron chi connectivity index (χ4n) is 10.5. The number of pyridine rings is 1. The lowest BCUT2D eigenvalue weighted by molar-refractivity contribution is -0.155. The van der Waals surface area contributed by atoms with Gasteiger partial charge in [0.2, 0.25) is 5.91 Å². The lowest BCUT2D eigenvalue weighted by Crippen LogP contribution is -2.62. The maximum Gasteiger partial charge on any atom is 0.324 e. The van der Waals surface area contributed by atoms with Gasteiger partial charge in [-0.1, -0.05) is 33.8 Å². The van der Waals surface area contributed by atoms with Gasteiger partial charge in [-0.05, 0) is 82.3 Å². The molecular weight excluding hydrogens is 831 g/mol. The highest BCUT2D eigenvalue weighted by molar-refractivity contribution is 7.10. The van der Waals surface area contributed by atoms with Gasteiger partial charge < -0.3 is 34.1 Å². The lowest BCUT2D eigenvalue weighted by Gasteiger charge is -2.46. The Morgan fingerprint density at radius 3 is 2.62 bits per heavy atom. The Kier molecular flexibility index (Phi) is 13.0. The zero-order valence-electron chi connectivity index (χ0n) is 38.9. The third-order valence-electron chi connectivity index (χ3n) is 13.7. The number of rotatable bonds is 8. The van der Waals surface area contributed by atoms with Crippen molar-refractivity contribution in [1.29, 1.82) is 0 Å². The summed E-state index contributed by atoms with van der Waals surface area (Å²) >= 11 is 1.44. The summed E-state index contributed by atoms with van der Waals surface area (Å²) in [5.41, 5.74) is 9.55. The van der Waals surface area contributed by atoms with E-state index in [1.807, 2.05) is 37.1 Å². The van der Waals surface area contributed by atoms with Crippen molar-refractivity contribution in [3.63, 3.8) is 0 Å². The number of amides is 4. The SMILES string of the molecule is CCn1c(-c2cccnc2[C@H](C)OC)c2c3cc(ccc31)-c1csc(n1)C[C@H](NC(=O)C(C(C)C)N(C)C(=O)N1CCC3(CN(C)C3)C1)C(=O)N1CCC[C@H](N1)C(=O)OCC(C)(C)C2. The summed E-state index contributed by atoms with van der Waals surface area (Å²) in [6.45, 7) is 16.6. The molecule has 15 nitrogen and oxygen atoms in total. The van der Waals surface area contributed by atoms with Gasteiger partial charge in [0.1, 0.15) is 18.1 Å². The van der Waals surface area contributed by atoms with Gasteiger partial charge in [-0.3, -0.25) is 24.4 Å². The maximum absolute atomic E-state index is 14.6. The number of cyclic esters (lactones) is 1. The van der Waals surface area contributed by atoms with Gasteiger partial charge in [-0.25, -0.2) is 15.2 Å². The molecule has 0 radical (unpaired) electrons. The second-order valence-corrected chi connectivity index (χ2v) is 20.6. The zero-order valence-corrected chi connectivity index (χ0v) is 39.7. The first-order valence-electron chi connectivity index (χ1n) is 22.8. The van der Waals surface area contributed by atoms with E-state index in [-0.39, 0.29) is 42.4 Å². The standard InChI is InChI=1S/C48H65N9O6S/c1-10-56-38-16-15-31-21-33(38)34(42(56)32-13-11-18-49-40(32)30(4)62-9)23-47(5,6)28-63-45(60)35-14-12-19-57(52-35)44(59)36(22-39-50-37(31)24-64-39)51-43(58)41(29(2)3)54(8)46(61)55-20-17-48(27-55)25-53(7)26-48/h11,13,15-16,18,21,24,29-30,35-36,41,52H,10,12,14,17,19-20,22-23,25-28H2,1-9H3,(H,51,58)/t30-,35-,36-,41?/m0/s1. The average Bonchev–Trinajstić information content (AvgIpc) is 4.00. The number of nitrogens with one attached hydrogen (secondary N) is 2. The summed E-state index contributed by atoms with van der Waals surface area (Å²) in [5.74, 6) is -1.47. The number of ether oxygens (including phenoxy) is 2. The number of carbonyl (C=O) groups is 4. The van der Waals surface area contributed by atoms with E-state index in [4.69, 9.17) is 19.4 Å². The molecule has 1 aromatic carbocycles. The summed E-state index contributed by atoms with van der Waals surface area (Å²) in [6, 6.07) is 7.68. The van der Waals surface area contributed by atoms with Crippen LogP contribution in [0.5, 0.6) is 0 Å². The Morgan fingerprint density at radius 1 is 1.12 bits per heavy atom. The van der Waals surface area contributed by atoms with Crippen molar-refractivity contribution >= 4 is 46.1 Å². The van der Waals surface area contributed by atoms with Crippen LogP contribution in [0.2, 0.25) is 0 Å². The number of likely N-dealkylation sites (tertiary alicyclic amines) is 2. The van der Waals surface area contributed by atoms with Crippen molar-refractivity contribution in [3.05, 3.63) is 58.2 Å². The van der Waals surface area contributed by atoms with Crippen LogP contribution in [-0.2, 0) is 43.2 Å². The second kappa shape index (κ2) is 18.2. The van der Waals surface area contributed by atoms with Crippen molar-refractivity contribution < 1.29 is 28.7 Å². The molecule has 344 valence electrons. The normalized spacial score (nSPS) is 22.3. The van der Waals surface area contributed by atoms with Crippen LogP contribution in [0, 0.1) is 16.7 Å². The number of likely N-dealkylation sites (N-methyl/N-ethyl adjacent to an activating group) is 1. The smallest absolute Gasteiger partial charge is 0.324 e. The first-order valence-corrected chi connectivity index (χ1v) is 23.7. The Balaban J connectivity index is 1.15. The molecule has 1 spiro atoms. The number of nitrogens with zero attached hydrogens (tertiary/aromatic N) is 7. The molecule has 7 heterocycles. The highest BCUT2D eigenvalue weighted by atomic mass is 32.1. The Morgan fingerprint density at radius 2 is 1.91 bits per heavy atom. The molecule has 4 atom stereocenters. The van der Waals surface area contributed by atoms with E-state index in [2.05, 4.69) is 72.3 Å². The minimum atomic E-state index is -1.03. The number of hydrogen-bond acceptors (Lipinski definition) is 11. The van der Waals surface area contributed by atoms with Crippen molar-refractivity contribution in [2.24, 2.45) is 16.7 Å². The van der Waals surface area contributed by atoms with E-state index < -0.39 is 35.4 Å². The van der Waals surface area contributed by atoms with Crippen molar-refractivity contribution in [3.8, 4) is 22.5 Å².